The second-order valence-corrected chi connectivity index (χ2v) is 7.66. The van der Waals surface area contributed by atoms with E-state index in [0.717, 1.165) is 26.9 Å². The Balaban J connectivity index is 1.75. The van der Waals surface area contributed by atoms with Crippen molar-refractivity contribution in [1.82, 2.24) is 5.32 Å². The summed E-state index contributed by atoms with van der Waals surface area (Å²) in [6.45, 7) is 0.665. The second kappa shape index (κ2) is 7.96. The molecule has 0 atom stereocenters. The van der Waals surface area contributed by atoms with Crippen LogP contribution in [0.25, 0.3) is 0 Å². The zero-order valence-corrected chi connectivity index (χ0v) is 15.5. The number of hydrogen-bond donors (Lipinski definition) is 1. The van der Waals surface area contributed by atoms with Gasteiger partial charge in [0.25, 0.3) is 5.91 Å². The van der Waals surface area contributed by atoms with Crippen molar-refractivity contribution in [2.75, 3.05) is 13.7 Å². The lowest BCUT2D eigenvalue weighted by Crippen LogP contribution is -2.23. The van der Waals surface area contributed by atoms with Crippen molar-refractivity contribution in [3.8, 4) is 5.75 Å². The van der Waals surface area contributed by atoms with E-state index >= 15 is 0 Å². The van der Waals surface area contributed by atoms with Crippen LogP contribution in [0.5, 0.6) is 5.75 Å². The predicted octanol–water partition coefficient (Wildman–Crippen LogP) is 4.64. The molecule has 0 spiro atoms. The maximum Gasteiger partial charge on any atom is 0.261 e. The van der Waals surface area contributed by atoms with Crippen LogP contribution in [0.4, 0.5) is 0 Å². The molecule has 1 aromatic heterocycles. The van der Waals surface area contributed by atoms with Gasteiger partial charge >= 0.3 is 0 Å². The molecular formula is C15H15Br2NO2S. The number of thiophene rings is 1. The van der Waals surface area contributed by atoms with Crippen LogP contribution < -0.4 is 10.1 Å². The van der Waals surface area contributed by atoms with Crippen LogP contribution in [0.15, 0.2) is 38.6 Å². The van der Waals surface area contributed by atoms with Gasteiger partial charge in [0.1, 0.15) is 5.75 Å². The Bertz CT molecular complexity index is 591. The third-order valence-corrected chi connectivity index (χ3v) is 6.21. The van der Waals surface area contributed by atoms with Crippen molar-refractivity contribution in [1.29, 1.82) is 0 Å². The molecule has 21 heavy (non-hydrogen) atoms. The fourth-order valence-electron chi connectivity index (χ4n) is 1.83. The van der Waals surface area contributed by atoms with Crippen molar-refractivity contribution in [3.05, 3.63) is 49.0 Å². The molecule has 0 aliphatic carbocycles. The molecule has 0 aliphatic rings. The summed E-state index contributed by atoms with van der Waals surface area (Å²) in [5.41, 5.74) is 1.24. The van der Waals surface area contributed by atoms with Gasteiger partial charge in [-0.1, -0.05) is 12.1 Å². The molecule has 6 heteroatoms. The largest absolute Gasteiger partial charge is 0.497 e. The lowest BCUT2D eigenvalue weighted by atomic mass is 10.1. The number of nitrogens with one attached hydrogen (secondary N) is 1. The summed E-state index contributed by atoms with van der Waals surface area (Å²) in [4.78, 5) is 12.7. The lowest BCUT2D eigenvalue weighted by Gasteiger charge is -2.05. The number of ether oxygens (including phenoxy) is 1. The number of amides is 1. The second-order valence-electron chi connectivity index (χ2n) is 4.44. The minimum Gasteiger partial charge on any atom is -0.497 e. The number of hydrogen-bond acceptors (Lipinski definition) is 3. The first-order valence-electron chi connectivity index (χ1n) is 6.46. The van der Waals surface area contributed by atoms with Gasteiger partial charge in [-0.2, -0.15) is 0 Å². The van der Waals surface area contributed by atoms with E-state index in [-0.39, 0.29) is 5.91 Å². The van der Waals surface area contributed by atoms with Gasteiger partial charge in [-0.3, -0.25) is 4.79 Å². The van der Waals surface area contributed by atoms with Gasteiger partial charge < -0.3 is 10.1 Å². The quantitative estimate of drug-likeness (QED) is 0.675. The molecule has 0 bridgehead atoms. The van der Waals surface area contributed by atoms with Crippen LogP contribution in [0.2, 0.25) is 0 Å². The summed E-state index contributed by atoms with van der Waals surface area (Å²) in [5, 5.41) is 2.94. The van der Waals surface area contributed by atoms with Crippen molar-refractivity contribution in [3.63, 3.8) is 0 Å². The van der Waals surface area contributed by atoms with E-state index in [4.69, 9.17) is 4.74 Å². The maximum absolute atomic E-state index is 11.9. The number of aryl methyl sites for hydroxylation is 1. The number of methoxy groups -OCH3 is 1. The number of halogens is 2. The summed E-state index contributed by atoms with van der Waals surface area (Å²) >= 11 is 8.20. The van der Waals surface area contributed by atoms with Gasteiger partial charge in [0.05, 0.1) is 15.8 Å². The molecule has 0 fully saturated rings. The van der Waals surface area contributed by atoms with Crippen LogP contribution >= 0.6 is 43.2 Å². The van der Waals surface area contributed by atoms with E-state index in [9.17, 15) is 4.79 Å². The van der Waals surface area contributed by atoms with Gasteiger partial charge in [-0.25, -0.2) is 0 Å². The monoisotopic (exact) mass is 431 g/mol. The van der Waals surface area contributed by atoms with E-state index in [2.05, 4.69) is 37.2 Å². The molecule has 0 saturated heterocycles. The highest BCUT2D eigenvalue weighted by Gasteiger charge is 2.11. The van der Waals surface area contributed by atoms with Crippen LogP contribution in [0.3, 0.4) is 0 Å². The van der Waals surface area contributed by atoms with E-state index in [0.29, 0.717) is 11.4 Å². The number of benzene rings is 1. The van der Waals surface area contributed by atoms with Crippen molar-refractivity contribution in [2.24, 2.45) is 0 Å². The number of carbonyl (C=O) groups is 1. The van der Waals surface area contributed by atoms with Gasteiger partial charge in [-0.05, 0) is 68.5 Å². The Hall–Kier alpha value is -0.850. The normalized spacial score (nSPS) is 10.4. The van der Waals surface area contributed by atoms with Gasteiger partial charge in [-0.15, -0.1) is 11.3 Å². The Morgan fingerprint density at radius 1 is 1.29 bits per heavy atom. The van der Waals surface area contributed by atoms with Gasteiger partial charge in [0, 0.05) is 11.0 Å². The van der Waals surface area contributed by atoms with Gasteiger partial charge in [0.15, 0.2) is 0 Å². The Labute approximate surface area is 145 Å². The molecule has 0 unspecified atom stereocenters. The standard InChI is InChI=1S/C15H15Br2NO2S/c1-20-11-6-4-10(5-7-11)3-2-8-18-15(19)13-9-12(16)14(17)21-13/h4-7,9H,2-3,8H2,1H3,(H,18,19). The van der Waals surface area contributed by atoms with Crippen molar-refractivity contribution in [2.45, 2.75) is 12.8 Å². The summed E-state index contributed by atoms with van der Waals surface area (Å²) in [6, 6.07) is 9.83. The fourth-order valence-corrected chi connectivity index (χ4v) is 3.78. The number of carbonyl (C=O) groups excluding carboxylic acids is 1. The van der Waals surface area contributed by atoms with E-state index < -0.39 is 0 Å². The highest BCUT2D eigenvalue weighted by molar-refractivity contribution is 9.13. The summed E-state index contributed by atoms with van der Waals surface area (Å²) in [7, 11) is 1.66. The maximum atomic E-state index is 11.9. The summed E-state index contributed by atoms with van der Waals surface area (Å²) < 4.78 is 6.97. The SMILES string of the molecule is COc1ccc(CCCNC(=O)c2cc(Br)c(Br)s2)cc1. The average Bonchev–Trinajstić information content (AvgIpc) is 2.84. The molecule has 0 aliphatic heterocycles. The zero-order valence-electron chi connectivity index (χ0n) is 11.5. The Kier molecular flexibility index (Phi) is 6.26. The zero-order chi connectivity index (χ0) is 15.2. The molecule has 2 rings (SSSR count). The molecule has 2 aromatic rings. The van der Waals surface area contributed by atoms with E-state index in [1.54, 1.807) is 7.11 Å². The molecule has 1 aromatic carbocycles. The molecule has 112 valence electrons. The topological polar surface area (TPSA) is 38.3 Å². The van der Waals surface area contributed by atoms with E-state index in [1.807, 2.05) is 30.3 Å². The van der Waals surface area contributed by atoms with E-state index in [1.165, 1.54) is 16.9 Å². The molecule has 1 heterocycles. The first-order chi connectivity index (χ1) is 10.1. The summed E-state index contributed by atoms with van der Waals surface area (Å²) in [5.74, 6) is 0.835. The molecular weight excluding hydrogens is 418 g/mol. The molecule has 1 amide bonds. The molecule has 3 nitrogen and oxygen atoms in total. The third-order valence-electron chi connectivity index (χ3n) is 2.96. The molecule has 0 radical (unpaired) electrons. The first kappa shape index (κ1) is 16.5. The first-order valence-corrected chi connectivity index (χ1v) is 8.86. The molecule has 0 saturated carbocycles. The van der Waals surface area contributed by atoms with Crippen LogP contribution in [0, 0.1) is 0 Å². The molecule has 1 N–H and O–H groups in total. The Morgan fingerprint density at radius 3 is 2.57 bits per heavy atom. The highest BCUT2D eigenvalue weighted by atomic mass is 79.9. The minimum absolute atomic E-state index is 0.0267. The Morgan fingerprint density at radius 2 is 2.00 bits per heavy atom. The highest BCUT2D eigenvalue weighted by Crippen LogP contribution is 2.32. The van der Waals surface area contributed by atoms with Crippen molar-refractivity contribution >= 4 is 49.1 Å². The third kappa shape index (κ3) is 4.83. The smallest absolute Gasteiger partial charge is 0.261 e. The van der Waals surface area contributed by atoms with Crippen molar-refractivity contribution < 1.29 is 9.53 Å². The number of rotatable bonds is 6. The van der Waals surface area contributed by atoms with Gasteiger partial charge in [0.2, 0.25) is 0 Å². The predicted molar refractivity (Wildman–Crippen MR) is 93.4 cm³/mol. The lowest BCUT2D eigenvalue weighted by molar-refractivity contribution is 0.0957. The summed E-state index contributed by atoms with van der Waals surface area (Å²) in [6.07, 6.45) is 1.84. The fraction of sp³-hybridized carbons (Fsp3) is 0.267. The van der Waals surface area contributed by atoms with Crippen LogP contribution in [-0.4, -0.2) is 19.6 Å². The average molecular weight is 433 g/mol. The van der Waals surface area contributed by atoms with Crippen LogP contribution in [0.1, 0.15) is 21.7 Å². The minimum atomic E-state index is -0.0267. The van der Waals surface area contributed by atoms with Crippen LogP contribution in [-0.2, 0) is 6.42 Å².